The Morgan fingerprint density at radius 2 is 1.94 bits per heavy atom. The number of anilines is 1. The summed E-state index contributed by atoms with van der Waals surface area (Å²) in [6.45, 7) is -0.468. The molecule has 32 heavy (non-hydrogen) atoms. The van der Waals surface area contributed by atoms with Gasteiger partial charge in [0.15, 0.2) is 11.2 Å². The molecular formula is C20H15F3N6O3. The van der Waals surface area contributed by atoms with Crippen LogP contribution in [0.2, 0.25) is 0 Å². The van der Waals surface area contributed by atoms with Crippen molar-refractivity contribution in [3.8, 4) is 11.4 Å². The number of ether oxygens (including phenoxy) is 1. The first-order valence-corrected chi connectivity index (χ1v) is 9.18. The van der Waals surface area contributed by atoms with E-state index in [0.717, 1.165) is 23.0 Å². The van der Waals surface area contributed by atoms with Crippen LogP contribution in [0.4, 0.5) is 18.9 Å². The third kappa shape index (κ3) is 4.15. The zero-order chi connectivity index (χ0) is 22.9. The van der Waals surface area contributed by atoms with Crippen molar-refractivity contribution in [2.24, 2.45) is 0 Å². The molecule has 0 saturated carbocycles. The molecule has 12 heteroatoms. The van der Waals surface area contributed by atoms with Crippen molar-refractivity contribution in [1.29, 1.82) is 0 Å². The smallest absolute Gasteiger partial charge is 0.416 e. The van der Waals surface area contributed by atoms with E-state index >= 15 is 0 Å². The average Bonchev–Trinajstić information content (AvgIpc) is 3.20. The van der Waals surface area contributed by atoms with Gasteiger partial charge in [-0.05, 0) is 30.3 Å². The molecule has 2 aromatic heterocycles. The van der Waals surface area contributed by atoms with Crippen LogP contribution < -0.4 is 15.6 Å². The maximum absolute atomic E-state index is 12.8. The number of carbonyl (C=O) groups excluding carboxylic acids is 1. The van der Waals surface area contributed by atoms with Crippen LogP contribution in [-0.2, 0) is 17.5 Å². The van der Waals surface area contributed by atoms with Gasteiger partial charge in [0.2, 0.25) is 5.91 Å². The second-order valence-electron chi connectivity index (χ2n) is 6.68. The number of aromatic nitrogens is 5. The SMILES string of the molecule is COc1cccc(-n2nnc3c(=O)n(CC(=O)Nc4cccc(C(F)(F)F)c4)cnc32)c1. The van der Waals surface area contributed by atoms with Crippen LogP contribution in [0.3, 0.4) is 0 Å². The number of alkyl halides is 3. The van der Waals surface area contributed by atoms with E-state index in [9.17, 15) is 22.8 Å². The molecule has 2 aromatic carbocycles. The predicted octanol–water partition coefficient (Wildman–Crippen LogP) is 2.64. The lowest BCUT2D eigenvalue weighted by Crippen LogP contribution is -2.28. The largest absolute Gasteiger partial charge is 0.497 e. The van der Waals surface area contributed by atoms with Gasteiger partial charge in [-0.1, -0.05) is 17.3 Å². The minimum Gasteiger partial charge on any atom is -0.497 e. The van der Waals surface area contributed by atoms with Crippen LogP contribution in [0, 0.1) is 0 Å². The van der Waals surface area contributed by atoms with Gasteiger partial charge in [-0.3, -0.25) is 14.2 Å². The van der Waals surface area contributed by atoms with Crippen LogP contribution in [-0.4, -0.2) is 37.6 Å². The number of rotatable bonds is 5. The molecule has 0 unspecified atom stereocenters. The number of benzene rings is 2. The Labute approximate surface area is 178 Å². The minimum absolute atomic E-state index is 0.0455. The maximum atomic E-state index is 12.8. The molecule has 0 fully saturated rings. The zero-order valence-electron chi connectivity index (χ0n) is 16.5. The fourth-order valence-electron chi connectivity index (χ4n) is 3.00. The number of nitrogens with one attached hydrogen (secondary N) is 1. The predicted molar refractivity (Wildman–Crippen MR) is 108 cm³/mol. The van der Waals surface area contributed by atoms with E-state index in [0.29, 0.717) is 11.4 Å². The van der Waals surface area contributed by atoms with Crippen molar-refractivity contribution in [2.75, 3.05) is 12.4 Å². The molecule has 4 rings (SSSR count). The summed E-state index contributed by atoms with van der Waals surface area (Å²) in [5.41, 5.74) is -0.886. The summed E-state index contributed by atoms with van der Waals surface area (Å²) < 4.78 is 46.0. The molecule has 0 spiro atoms. The monoisotopic (exact) mass is 444 g/mol. The fraction of sp³-hybridized carbons (Fsp3) is 0.150. The quantitative estimate of drug-likeness (QED) is 0.508. The summed E-state index contributed by atoms with van der Waals surface area (Å²) in [4.78, 5) is 29.2. The van der Waals surface area contributed by atoms with Gasteiger partial charge in [-0.15, -0.1) is 5.10 Å². The summed E-state index contributed by atoms with van der Waals surface area (Å²) in [6.07, 6.45) is -3.39. The van der Waals surface area contributed by atoms with E-state index in [4.69, 9.17) is 4.74 Å². The standard InChI is InChI=1S/C20H15F3N6O3/c1-32-15-7-3-6-14(9-15)29-18-17(26-27-29)19(31)28(11-24-18)10-16(30)25-13-5-2-4-12(8-13)20(21,22)23/h2-9,11H,10H2,1H3,(H,25,30). The van der Waals surface area contributed by atoms with E-state index < -0.39 is 29.8 Å². The van der Waals surface area contributed by atoms with Gasteiger partial charge >= 0.3 is 6.18 Å². The summed E-state index contributed by atoms with van der Waals surface area (Å²) in [7, 11) is 1.51. The molecule has 9 nitrogen and oxygen atoms in total. The Balaban J connectivity index is 1.57. The third-order valence-electron chi connectivity index (χ3n) is 4.51. The topological polar surface area (TPSA) is 104 Å². The normalized spacial score (nSPS) is 11.5. The van der Waals surface area contributed by atoms with Gasteiger partial charge in [0.1, 0.15) is 18.6 Å². The van der Waals surface area contributed by atoms with Crippen molar-refractivity contribution in [2.45, 2.75) is 12.7 Å². The van der Waals surface area contributed by atoms with Crippen LogP contribution in [0.15, 0.2) is 59.7 Å². The van der Waals surface area contributed by atoms with Crippen LogP contribution in [0.1, 0.15) is 5.56 Å². The number of carbonyl (C=O) groups is 1. The van der Waals surface area contributed by atoms with Crippen molar-refractivity contribution in [1.82, 2.24) is 24.5 Å². The Kier molecular flexibility index (Phi) is 5.34. The Morgan fingerprint density at radius 3 is 2.69 bits per heavy atom. The zero-order valence-corrected chi connectivity index (χ0v) is 16.5. The molecule has 4 aromatic rings. The number of hydrogen-bond donors (Lipinski definition) is 1. The first-order chi connectivity index (χ1) is 15.3. The molecule has 2 heterocycles. The van der Waals surface area contributed by atoms with Gasteiger partial charge < -0.3 is 10.1 Å². The molecular weight excluding hydrogens is 429 g/mol. The molecule has 1 N–H and O–H groups in total. The summed E-state index contributed by atoms with van der Waals surface area (Å²) >= 11 is 0. The molecule has 0 bridgehead atoms. The number of amides is 1. The minimum atomic E-state index is -4.54. The molecule has 164 valence electrons. The highest BCUT2D eigenvalue weighted by atomic mass is 19.4. The van der Waals surface area contributed by atoms with E-state index in [-0.39, 0.29) is 16.9 Å². The third-order valence-corrected chi connectivity index (χ3v) is 4.51. The van der Waals surface area contributed by atoms with Gasteiger partial charge in [-0.25, -0.2) is 4.98 Å². The van der Waals surface area contributed by atoms with Gasteiger partial charge in [0.05, 0.1) is 18.4 Å². The summed E-state index contributed by atoms with van der Waals surface area (Å²) in [5.74, 6) is -0.126. The van der Waals surface area contributed by atoms with E-state index in [1.165, 1.54) is 23.9 Å². The number of hydrogen-bond acceptors (Lipinski definition) is 6. The van der Waals surface area contributed by atoms with Crippen LogP contribution in [0.25, 0.3) is 16.9 Å². The molecule has 0 aliphatic rings. The average molecular weight is 444 g/mol. The van der Waals surface area contributed by atoms with Crippen LogP contribution >= 0.6 is 0 Å². The second kappa shape index (κ2) is 8.13. The first-order valence-electron chi connectivity index (χ1n) is 9.18. The Hall–Kier alpha value is -4.22. The second-order valence-corrected chi connectivity index (χ2v) is 6.68. The highest BCUT2D eigenvalue weighted by Gasteiger charge is 2.30. The number of halogens is 3. The van der Waals surface area contributed by atoms with E-state index in [1.807, 2.05) is 0 Å². The first kappa shape index (κ1) is 21.0. The molecule has 0 aliphatic heterocycles. The number of nitrogens with zero attached hydrogens (tertiary/aromatic N) is 5. The highest BCUT2D eigenvalue weighted by Crippen LogP contribution is 2.30. The lowest BCUT2D eigenvalue weighted by Gasteiger charge is -2.10. The molecule has 1 amide bonds. The van der Waals surface area contributed by atoms with E-state index in [2.05, 4.69) is 20.6 Å². The summed E-state index contributed by atoms with van der Waals surface area (Å²) in [5, 5.41) is 10.2. The molecule has 0 saturated heterocycles. The van der Waals surface area contributed by atoms with Crippen LogP contribution in [0.5, 0.6) is 5.75 Å². The number of methoxy groups -OCH3 is 1. The molecule has 0 radical (unpaired) electrons. The fourth-order valence-corrected chi connectivity index (χ4v) is 3.00. The van der Waals surface area contributed by atoms with E-state index in [1.54, 1.807) is 24.3 Å². The maximum Gasteiger partial charge on any atom is 0.416 e. The molecule has 0 aliphatic carbocycles. The summed E-state index contributed by atoms with van der Waals surface area (Å²) in [6, 6.07) is 11.1. The van der Waals surface area contributed by atoms with Crippen molar-refractivity contribution in [3.63, 3.8) is 0 Å². The van der Waals surface area contributed by atoms with Gasteiger partial charge in [-0.2, -0.15) is 17.9 Å². The lowest BCUT2D eigenvalue weighted by molar-refractivity contribution is -0.137. The highest BCUT2D eigenvalue weighted by molar-refractivity contribution is 5.90. The van der Waals surface area contributed by atoms with Gasteiger partial charge in [0.25, 0.3) is 5.56 Å². The van der Waals surface area contributed by atoms with Crippen molar-refractivity contribution >= 4 is 22.8 Å². The van der Waals surface area contributed by atoms with Crippen molar-refractivity contribution in [3.05, 3.63) is 70.8 Å². The Bertz CT molecular complexity index is 1360. The number of fused-ring (bicyclic) bond motifs is 1. The molecule has 0 atom stereocenters. The van der Waals surface area contributed by atoms with Gasteiger partial charge in [0, 0.05) is 11.8 Å². The lowest BCUT2D eigenvalue weighted by atomic mass is 10.2. The Morgan fingerprint density at radius 1 is 1.16 bits per heavy atom. The van der Waals surface area contributed by atoms with Crippen molar-refractivity contribution < 1.29 is 22.7 Å².